The van der Waals surface area contributed by atoms with E-state index in [2.05, 4.69) is 9.97 Å². The number of nitrogens with two attached hydrogens (primary N) is 2. The Bertz CT molecular complexity index is 631. The average molecular weight is 276 g/mol. The Hall–Kier alpha value is -2.70. The molecular weight excluding hydrogens is 260 g/mol. The standard InChI is InChI=1S/C13H16N4O3/c1-18-9-5-11(20-3)10(19-2)4-7(9)8-6-16-13(15)17-12(8)14/h4-6H,1-3H3,(H4,14,15,16,17). The number of hydrogen-bond donors (Lipinski definition) is 2. The van der Waals surface area contributed by atoms with Gasteiger partial charge in [0.15, 0.2) is 11.5 Å². The van der Waals surface area contributed by atoms with Gasteiger partial charge in [0.2, 0.25) is 5.95 Å². The zero-order valence-corrected chi connectivity index (χ0v) is 11.5. The third-order valence-corrected chi connectivity index (χ3v) is 2.83. The Morgan fingerprint density at radius 3 is 2.00 bits per heavy atom. The fraction of sp³-hybridized carbons (Fsp3) is 0.231. The fourth-order valence-corrected chi connectivity index (χ4v) is 1.86. The minimum absolute atomic E-state index is 0.116. The molecule has 106 valence electrons. The van der Waals surface area contributed by atoms with Crippen LogP contribution in [-0.2, 0) is 0 Å². The highest BCUT2D eigenvalue weighted by Crippen LogP contribution is 2.41. The summed E-state index contributed by atoms with van der Waals surface area (Å²) in [5.74, 6) is 2.07. The molecule has 1 aromatic heterocycles. The summed E-state index contributed by atoms with van der Waals surface area (Å²) in [6, 6.07) is 3.47. The van der Waals surface area contributed by atoms with Gasteiger partial charge in [-0.15, -0.1) is 0 Å². The van der Waals surface area contributed by atoms with E-state index in [0.29, 0.717) is 28.4 Å². The monoisotopic (exact) mass is 276 g/mol. The molecule has 0 radical (unpaired) electrons. The van der Waals surface area contributed by atoms with E-state index in [0.717, 1.165) is 0 Å². The van der Waals surface area contributed by atoms with Crippen molar-refractivity contribution in [1.82, 2.24) is 9.97 Å². The van der Waals surface area contributed by atoms with E-state index in [1.807, 2.05) is 0 Å². The topological polar surface area (TPSA) is 106 Å². The Morgan fingerprint density at radius 2 is 1.45 bits per heavy atom. The van der Waals surface area contributed by atoms with Crippen LogP contribution in [-0.4, -0.2) is 31.3 Å². The molecule has 1 aromatic carbocycles. The molecule has 0 aliphatic carbocycles. The molecule has 2 aromatic rings. The van der Waals surface area contributed by atoms with Crippen molar-refractivity contribution in [3.8, 4) is 28.4 Å². The number of hydrogen-bond acceptors (Lipinski definition) is 7. The second-order valence-corrected chi connectivity index (χ2v) is 3.93. The SMILES string of the molecule is COc1cc(OC)c(-c2cnc(N)nc2N)cc1OC. The van der Waals surface area contributed by atoms with Crippen molar-refractivity contribution in [2.45, 2.75) is 0 Å². The van der Waals surface area contributed by atoms with E-state index in [1.165, 1.54) is 0 Å². The summed E-state index contributed by atoms with van der Waals surface area (Å²) in [6.07, 6.45) is 1.54. The summed E-state index contributed by atoms with van der Waals surface area (Å²) >= 11 is 0. The number of methoxy groups -OCH3 is 3. The molecule has 0 atom stereocenters. The van der Waals surface area contributed by atoms with Crippen LogP contribution in [0.4, 0.5) is 11.8 Å². The number of benzene rings is 1. The van der Waals surface area contributed by atoms with Crippen molar-refractivity contribution >= 4 is 11.8 Å². The number of ether oxygens (including phenoxy) is 3. The second kappa shape index (κ2) is 5.52. The van der Waals surface area contributed by atoms with Crippen LogP contribution in [0.15, 0.2) is 18.3 Å². The molecule has 1 heterocycles. The lowest BCUT2D eigenvalue weighted by Crippen LogP contribution is -2.02. The molecule has 0 aliphatic rings. The molecule has 0 fully saturated rings. The lowest BCUT2D eigenvalue weighted by molar-refractivity contribution is 0.349. The quantitative estimate of drug-likeness (QED) is 0.867. The van der Waals surface area contributed by atoms with Crippen LogP contribution in [0.1, 0.15) is 0 Å². The van der Waals surface area contributed by atoms with Crippen LogP contribution >= 0.6 is 0 Å². The van der Waals surface area contributed by atoms with E-state index in [4.69, 9.17) is 25.7 Å². The van der Waals surface area contributed by atoms with Crippen molar-refractivity contribution in [3.63, 3.8) is 0 Å². The molecule has 20 heavy (non-hydrogen) atoms. The van der Waals surface area contributed by atoms with Crippen LogP contribution in [0.5, 0.6) is 17.2 Å². The van der Waals surface area contributed by atoms with Gasteiger partial charge in [-0.05, 0) is 6.07 Å². The molecule has 0 unspecified atom stereocenters. The lowest BCUT2D eigenvalue weighted by Gasteiger charge is -2.14. The van der Waals surface area contributed by atoms with Crippen LogP contribution < -0.4 is 25.7 Å². The lowest BCUT2D eigenvalue weighted by atomic mass is 10.1. The van der Waals surface area contributed by atoms with E-state index < -0.39 is 0 Å². The molecule has 0 aliphatic heterocycles. The number of rotatable bonds is 4. The van der Waals surface area contributed by atoms with Crippen molar-refractivity contribution in [3.05, 3.63) is 18.3 Å². The Morgan fingerprint density at radius 1 is 0.850 bits per heavy atom. The molecule has 0 amide bonds. The summed E-state index contributed by atoms with van der Waals surface area (Å²) in [6.45, 7) is 0. The van der Waals surface area contributed by atoms with Gasteiger partial charge in [0.25, 0.3) is 0 Å². The molecule has 0 bridgehead atoms. The summed E-state index contributed by atoms with van der Waals surface area (Å²) in [5.41, 5.74) is 12.7. The average Bonchev–Trinajstić information content (AvgIpc) is 2.46. The van der Waals surface area contributed by atoms with Crippen LogP contribution in [0.3, 0.4) is 0 Å². The van der Waals surface area contributed by atoms with E-state index in [9.17, 15) is 0 Å². The molecule has 0 saturated carbocycles. The molecule has 4 N–H and O–H groups in total. The normalized spacial score (nSPS) is 10.2. The van der Waals surface area contributed by atoms with Gasteiger partial charge < -0.3 is 25.7 Å². The van der Waals surface area contributed by atoms with Crippen LogP contribution in [0.2, 0.25) is 0 Å². The fourth-order valence-electron chi connectivity index (χ4n) is 1.86. The Labute approximate surface area is 116 Å². The smallest absolute Gasteiger partial charge is 0.221 e. The predicted octanol–water partition coefficient (Wildman–Crippen LogP) is 1.33. The van der Waals surface area contributed by atoms with E-state index in [-0.39, 0.29) is 11.8 Å². The highest BCUT2D eigenvalue weighted by atomic mass is 16.5. The van der Waals surface area contributed by atoms with Gasteiger partial charge in [-0.3, -0.25) is 0 Å². The molecule has 0 saturated heterocycles. The first-order valence-electron chi connectivity index (χ1n) is 5.79. The maximum Gasteiger partial charge on any atom is 0.221 e. The van der Waals surface area contributed by atoms with Gasteiger partial charge in [0.05, 0.1) is 21.3 Å². The first-order valence-corrected chi connectivity index (χ1v) is 5.79. The van der Waals surface area contributed by atoms with Crippen LogP contribution in [0, 0.1) is 0 Å². The van der Waals surface area contributed by atoms with Crippen molar-refractivity contribution in [2.24, 2.45) is 0 Å². The summed E-state index contributed by atoms with van der Waals surface area (Å²) < 4.78 is 15.9. The Kier molecular flexibility index (Phi) is 3.79. The van der Waals surface area contributed by atoms with Crippen molar-refractivity contribution < 1.29 is 14.2 Å². The maximum atomic E-state index is 5.88. The molecule has 7 heteroatoms. The molecule has 7 nitrogen and oxygen atoms in total. The van der Waals surface area contributed by atoms with Gasteiger partial charge >= 0.3 is 0 Å². The summed E-state index contributed by atoms with van der Waals surface area (Å²) in [4.78, 5) is 7.89. The number of anilines is 2. The first kappa shape index (κ1) is 13.7. The van der Waals surface area contributed by atoms with Crippen molar-refractivity contribution in [2.75, 3.05) is 32.8 Å². The zero-order chi connectivity index (χ0) is 14.7. The minimum atomic E-state index is 0.116. The number of nitrogen functional groups attached to an aromatic ring is 2. The van der Waals surface area contributed by atoms with Crippen LogP contribution in [0.25, 0.3) is 11.1 Å². The maximum absolute atomic E-state index is 5.88. The zero-order valence-electron chi connectivity index (χ0n) is 11.5. The molecule has 2 rings (SSSR count). The largest absolute Gasteiger partial charge is 0.496 e. The van der Waals surface area contributed by atoms with Gasteiger partial charge in [-0.2, -0.15) is 4.98 Å². The molecular formula is C13H16N4O3. The first-order chi connectivity index (χ1) is 9.60. The van der Waals surface area contributed by atoms with Gasteiger partial charge in [0, 0.05) is 23.4 Å². The third-order valence-electron chi connectivity index (χ3n) is 2.83. The van der Waals surface area contributed by atoms with Crippen molar-refractivity contribution in [1.29, 1.82) is 0 Å². The van der Waals surface area contributed by atoms with Gasteiger partial charge in [0.1, 0.15) is 11.6 Å². The highest BCUT2D eigenvalue weighted by Gasteiger charge is 2.16. The number of nitrogens with zero attached hydrogens (tertiary/aromatic N) is 2. The third kappa shape index (κ3) is 2.37. The molecule has 0 spiro atoms. The number of aromatic nitrogens is 2. The second-order valence-electron chi connectivity index (χ2n) is 3.93. The van der Waals surface area contributed by atoms with E-state index in [1.54, 1.807) is 39.7 Å². The van der Waals surface area contributed by atoms with Gasteiger partial charge in [-0.1, -0.05) is 0 Å². The van der Waals surface area contributed by atoms with E-state index >= 15 is 0 Å². The summed E-state index contributed by atoms with van der Waals surface area (Å²) in [5, 5.41) is 0. The summed E-state index contributed by atoms with van der Waals surface area (Å²) in [7, 11) is 4.66. The van der Waals surface area contributed by atoms with Gasteiger partial charge in [-0.25, -0.2) is 4.98 Å². The Balaban J connectivity index is 2.65. The highest BCUT2D eigenvalue weighted by molar-refractivity contribution is 5.80. The minimum Gasteiger partial charge on any atom is -0.496 e. The predicted molar refractivity (Wildman–Crippen MR) is 75.9 cm³/mol.